The van der Waals surface area contributed by atoms with E-state index in [0.717, 1.165) is 13.0 Å². The summed E-state index contributed by atoms with van der Waals surface area (Å²) in [6, 6.07) is 4.22. The number of aryl methyl sites for hydroxylation is 1. The molecule has 0 radical (unpaired) electrons. The maximum Gasteiger partial charge on any atom is 0.0184 e. The number of aromatic nitrogens is 1. The number of likely N-dealkylation sites (N-methyl/N-ethyl adjacent to an activating group) is 1. The van der Waals surface area contributed by atoms with Crippen LogP contribution in [0.15, 0.2) is 18.3 Å². The second-order valence-corrected chi connectivity index (χ2v) is 2.46. The van der Waals surface area contributed by atoms with Crippen molar-refractivity contribution >= 4 is 0 Å². The standard InChI is InChI=1S/C8H14N2/c1-9-6-5-8-4-3-7-10(8)2/h3-4,7,9H,5-6H2,1-2H3. The number of nitrogens with one attached hydrogen (secondary N) is 1. The zero-order valence-corrected chi connectivity index (χ0v) is 6.59. The lowest BCUT2D eigenvalue weighted by Gasteiger charge is -2.00. The van der Waals surface area contributed by atoms with E-state index in [9.17, 15) is 0 Å². The van der Waals surface area contributed by atoms with E-state index in [4.69, 9.17) is 0 Å². The third-order valence-corrected chi connectivity index (χ3v) is 1.68. The van der Waals surface area contributed by atoms with Gasteiger partial charge in [-0.05, 0) is 19.2 Å². The normalized spacial score (nSPS) is 10.2. The molecule has 0 amide bonds. The Morgan fingerprint density at radius 3 is 2.90 bits per heavy atom. The van der Waals surface area contributed by atoms with E-state index < -0.39 is 0 Å². The van der Waals surface area contributed by atoms with E-state index in [1.165, 1.54) is 5.69 Å². The first kappa shape index (κ1) is 7.35. The predicted molar refractivity (Wildman–Crippen MR) is 43.0 cm³/mol. The quantitative estimate of drug-likeness (QED) is 0.653. The molecule has 0 spiro atoms. The molecule has 0 unspecified atom stereocenters. The lowest BCUT2D eigenvalue weighted by molar-refractivity contribution is 0.738. The van der Waals surface area contributed by atoms with Crippen LogP contribution in [-0.4, -0.2) is 18.2 Å². The van der Waals surface area contributed by atoms with Crippen LogP contribution in [0.3, 0.4) is 0 Å². The fourth-order valence-corrected chi connectivity index (χ4v) is 1.01. The first-order chi connectivity index (χ1) is 4.84. The topological polar surface area (TPSA) is 17.0 Å². The zero-order valence-electron chi connectivity index (χ0n) is 6.59. The van der Waals surface area contributed by atoms with E-state index in [2.05, 4.69) is 35.3 Å². The molecule has 1 N–H and O–H groups in total. The van der Waals surface area contributed by atoms with Crippen molar-refractivity contribution in [3.63, 3.8) is 0 Å². The van der Waals surface area contributed by atoms with E-state index in [1.54, 1.807) is 0 Å². The molecule has 0 aliphatic carbocycles. The molecule has 56 valence electrons. The lowest BCUT2D eigenvalue weighted by atomic mass is 10.3. The predicted octanol–water partition coefficient (Wildman–Crippen LogP) is 0.787. The van der Waals surface area contributed by atoms with Crippen LogP contribution in [0.1, 0.15) is 5.69 Å². The molecule has 0 aliphatic heterocycles. The Balaban J connectivity index is 2.49. The molecule has 1 heterocycles. The van der Waals surface area contributed by atoms with Crippen molar-refractivity contribution in [2.45, 2.75) is 6.42 Å². The molecule has 1 aromatic rings. The van der Waals surface area contributed by atoms with E-state index in [1.807, 2.05) is 7.05 Å². The van der Waals surface area contributed by atoms with Gasteiger partial charge in [-0.15, -0.1) is 0 Å². The van der Waals surface area contributed by atoms with Crippen molar-refractivity contribution in [3.8, 4) is 0 Å². The molecule has 0 aromatic carbocycles. The smallest absolute Gasteiger partial charge is 0.0184 e. The van der Waals surface area contributed by atoms with Gasteiger partial charge < -0.3 is 9.88 Å². The SMILES string of the molecule is CNCCc1cccn1C. The lowest BCUT2D eigenvalue weighted by Crippen LogP contribution is -2.11. The first-order valence-electron chi connectivity index (χ1n) is 3.59. The highest BCUT2D eigenvalue weighted by molar-refractivity contribution is 5.06. The van der Waals surface area contributed by atoms with Gasteiger partial charge in [-0.2, -0.15) is 0 Å². The molecular weight excluding hydrogens is 124 g/mol. The van der Waals surface area contributed by atoms with Gasteiger partial charge in [0.1, 0.15) is 0 Å². The summed E-state index contributed by atoms with van der Waals surface area (Å²) in [6.07, 6.45) is 3.19. The molecule has 0 saturated carbocycles. The highest BCUT2D eigenvalue weighted by Crippen LogP contribution is 1.98. The van der Waals surface area contributed by atoms with Gasteiger partial charge in [0.15, 0.2) is 0 Å². The minimum atomic E-state index is 1.05. The van der Waals surface area contributed by atoms with Crippen molar-refractivity contribution in [3.05, 3.63) is 24.0 Å². The summed E-state index contributed by atoms with van der Waals surface area (Å²) in [5.41, 5.74) is 1.38. The summed E-state index contributed by atoms with van der Waals surface area (Å²) < 4.78 is 2.15. The van der Waals surface area contributed by atoms with Crippen molar-refractivity contribution < 1.29 is 0 Å². The average molecular weight is 138 g/mol. The molecule has 2 nitrogen and oxygen atoms in total. The van der Waals surface area contributed by atoms with Gasteiger partial charge in [-0.25, -0.2) is 0 Å². The highest BCUT2D eigenvalue weighted by Gasteiger charge is 1.93. The van der Waals surface area contributed by atoms with E-state index >= 15 is 0 Å². The number of rotatable bonds is 3. The summed E-state index contributed by atoms with van der Waals surface area (Å²) in [4.78, 5) is 0. The first-order valence-corrected chi connectivity index (χ1v) is 3.59. The molecule has 2 heteroatoms. The summed E-state index contributed by atoms with van der Waals surface area (Å²) in [5, 5.41) is 3.12. The Kier molecular flexibility index (Phi) is 2.51. The third kappa shape index (κ3) is 1.61. The number of hydrogen-bond donors (Lipinski definition) is 1. The Morgan fingerprint density at radius 1 is 1.60 bits per heavy atom. The van der Waals surface area contributed by atoms with Gasteiger partial charge in [0, 0.05) is 31.9 Å². The summed E-state index contributed by atoms with van der Waals surface area (Å²) in [5.74, 6) is 0. The zero-order chi connectivity index (χ0) is 7.40. The molecule has 0 aliphatic rings. The second kappa shape index (κ2) is 3.42. The van der Waals surface area contributed by atoms with E-state index in [-0.39, 0.29) is 0 Å². The number of nitrogens with zero attached hydrogens (tertiary/aromatic N) is 1. The molecule has 0 saturated heterocycles. The van der Waals surface area contributed by atoms with Crippen LogP contribution >= 0.6 is 0 Å². The second-order valence-electron chi connectivity index (χ2n) is 2.46. The van der Waals surface area contributed by atoms with Gasteiger partial charge in [0.05, 0.1) is 0 Å². The Morgan fingerprint density at radius 2 is 2.40 bits per heavy atom. The third-order valence-electron chi connectivity index (χ3n) is 1.68. The van der Waals surface area contributed by atoms with Crippen LogP contribution in [0.5, 0.6) is 0 Å². The van der Waals surface area contributed by atoms with Crippen LogP contribution < -0.4 is 5.32 Å². The highest BCUT2D eigenvalue weighted by atomic mass is 14.9. The minimum Gasteiger partial charge on any atom is -0.354 e. The summed E-state index contributed by atoms with van der Waals surface area (Å²) >= 11 is 0. The van der Waals surface area contributed by atoms with Crippen LogP contribution in [0, 0.1) is 0 Å². The Labute approximate surface area is 61.9 Å². The van der Waals surface area contributed by atoms with Crippen LogP contribution in [0.4, 0.5) is 0 Å². The molecule has 0 atom stereocenters. The largest absolute Gasteiger partial charge is 0.354 e. The van der Waals surface area contributed by atoms with Crippen LogP contribution in [0.2, 0.25) is 0 Å². The van der Waals surface area contributed by atoms with Crippen molar-refractivity contribution in [1.29, 1.82) is 0 Å². The fraction of sp³-hybridized carbons (Fsp3) is 0.500. The van der Waals surface area contributed by atoms with Crippen molar-refractivity contribution in [1.82, 2.24) is 9.88 Å². The summed E-state index contributed by atoms with van der Waals surface area (Å²) in [7, 11) is 4.05. The van der Waals surface area contributed by atoms with Gasteiger partial charge in [-0.1, -0.05) is 0 Å². The molecule has 1 rings (SSSR count). The van der Waals surface area contributed by atoms with Crippen molar-refractivity contribution in [2.24, 2.45) is 7.05 Å². The Bertz CT molecular complexity index is 191. The maximum atomic E-state index is 3.12. The van der Waals surface area contributed by atoms with E-state index in [0.29, 0.717) is 0 Å². The molecular formula is C8H14N2. The monoisotopic (exact) mass is 138 g/mol. The average Bonchev–Trinajstić information content (AvgIpc) is 2.31. The van der Waals surface area contributed by atoms with Crippen LogP contribution in [-0.2, 0) is 13.5 Å². The molecule has 10 heavy (non-hydrogen) atoms. The Hall–Kier alpha value is -0.760. The molecule has 0 bridgehead atoms. The van der Waals surface area contributed by atoms with Gasteiger partial charge in [-0.3, -0.25) is 0 Å². The van der Waals surface area contributed by atoms with Gasteiger partial charge in [0.25, 0.3) is 0 Å². The minimum absolute atomic E-state index is 1.05. The van der Waals surface area contributed by atoms with Crippen molar-refractivity contribution in [2.75, 3.05) is 13.6 Å². The molecule has 0 fully saturated rings. The molecule has 1 aromatic heterocycles. The van der Waals surface area contributed by atoms with Crippen LogP contribution in [0.25, 0.3) is 0 Å². The van der Waals surface area contributed by atoms with Gasteiger partial charge >= 0.3 is 0 Å². The number of hydrogen-bond acceptors (Lipinski definition) is 1. The summed E-state index contributed by atoms with van der Waals surface area (Å²) in [6.45, 7) is 1.05. The van der Waals surface area contributed by atoms with Gasteiger partial charge in [0.2, 0.25) is 0 Å². The fourth-order valence-electron chi connectivity index (χ4n) is 1.01. The maximum absolute atomic E-state index is 3.12.